The number of halogens is 3. The molecule has 1 aromatic heterocycles. The highest BCUT2D eigenvalue weighted by Crippen LogP contribution is 2.37. The highest BCUT2D eigenvalue weighted by Gasteiger charge is 2.22. The Morgan fingerprint density at radius 1 is 1.16 bits per heavy atom. The van der Waals surface area contributed by atoms with Crippen LogP contribution in [0.3, 0.4) is 0 Å². The molecule has 0 fully saturated rings. The number of nitro groups is 1. The Morgan fingerprint density at radius 3 is 2.53 bits per heavy atom. The van der Waals surface area contributed by atoms with Crippen LogP contribution in [0, 0.1) is 10.1 Å². The van der Waals surface area contributed by atoms with Gasteiger partial charge in [-0.2, -0.15) is 0 Å². The zero-order valence-electron chi connectivity index (χ0n) is 9.01. The summed E-state index contributed by atoms with van der Waals surface area (Å²) in [6.45, 7) is 0. The number of hydrogen-bond acceptors (Lipinski definition) is 5. The molecule has 2 aromatic rings. The summed E-state index contributed by atoms with van der Waals surface area (Å²) in [5.74, 6) is 0. The highest BCUT2D eigenvalue weighted by atomic mass is 35.5. The van der Waals surface area contributed by atoms with Crippen LogP contribution in [0.4, 0.5) is 5.69 Å². The number of benzene rings is 1. The van der Waals surface area contributed by atoms with E-state index in [1.165, 1.54) is 0 Å². The maximum atomic E-state index is 10.9. The Kier molecular flexibility index (Phi) is 4.46. The lowest BCUT2D eigenvalue weighted by Gasteiger charge is -2.03. The van der Waals surface area contributed by atoms with E-state index in [1.807, 2.05) is 0 Å². The molecule has 0 aliphatic carbocycles. The van der Waals surface area contributed by atoms with E-state index < -0.39 is 4.92 Å². The standard InChI is InChI=1S/C10H4Cl3N3O2S/c11-6-2-1-5(3-7(6)12)19-10-8(16(17)18)9(13)14-4-15-10/h1-4H. The van der Waals surface area contributed by atoms with E-state index in [9.17, 15) is 10.1 Å². The first-order valence-corrected chi connectivity index (χ1v) is 6.72. The van der Waals surface area contributed by atoms with E-state index in [0.29, 0.717) is 14.9 Å². The molecule has 0 aliphatic rings. The van der Waals surface area contributed by atoms with Gasteiger partial charge in [0.05, 0.1) is 15.0 Å². The monoisotopic (exact) mass is 335 g/mol. The van der Waals surface area contributed by atoms with E-state index in [2.05, 4.69) is 9.97 Å². The maximum absolute atomic E-state index is 10.9. The van der Waals surface area contributed by atoms with Crippen molar-refractivity contribution in [2.75, 3.05) is 0 Å². The normalized spacial score (nSPS) is 10.5. The predicted octanol–water partition coefficient (Wildman–Crippen LogP) is 4.50. The zero-order chi connectivity index (χ0) is 14.0. The molecule has 0 spiro atoms. The molecule has 2 rings (SSSR count). The average Bonchev–Trinajstić information content (AvgIpc) is 2.33. The van der Waals surface area contributed by atoms with Crippen LogP contribution in [0.25, 0.3) is 0 Å². The Balaban J connectivity index is 2.40. The first kappa shape index (κ1) is 14.3. The second kappa shape index (κ2) is 5.92. The molecule has 0 unspecified atom stereocenters. The Hall–Kier alpha value is -1.08. The van der Waals surface area contributed by atoms with Crippen LogP contribution in [0.2, 0.25) is 15.2 Å². The van der Waals surface area contributed by atoms with Crippen LogP contribution < -0.4 is 0 Å². The van der Waals surface area contributed by atoms with Gasteiger partial charge in [0.2, 0.25) is 5.15 Å². The van der Waals surface area contributed by atoms with Crippen LogP contribution in [-0.2, 0) is 0 Å². The topological polar surface area (TPSA) is 68.9 Å². The van der Waals surface area contributed by atoms with E-state index in [-0.39, 0.29) is 15.9 Å². The first-order chi connectivity index (χ1) is 8.99. The third kappa shape index (κ3) is 3.27. The maximum Gasteiger partial charge on any atom is 0.338 e. The zero-order valence-corrected chi connectivity index (χ0v) is 12.1. The fraction of sp³-hybridized carbons (Fsp3) is 0. The van der Waals surface area contributed by atoms with Gasteiger partial charge in [0, 0.05) is 4.90 Å². The van der Waals surface area contributed by atoms with E-state index in [4.69, 9.17) is 34.8 Å². The van der Waals surface area contributed by atoms with Gasteiger partial charge in [-0.05, 0) is 18.2 Å². The number of hydrogen-bond donors (Lipinski definition) is 0. The summed E-state index contributed by atoms with van der Waals surface area (Å²) in [7, 11) is 0. The van der Waals surface area contributed by atoms with Crippen molar-refractivity contribution < 1.29 is 4.92 Å². The molecular formula is C10H4Cl3N3O2S. The molecular weight excluding hydrogens is 333 g/mol. The van der Waals surface area contributed by atoms with Crippen molar-refractivity contribution >= 4 is 52.3 Å². The third-order valence-corrected chi connectivity index (χ3v) is 4.03. The first-order valence-electron chi connectivity index (χ1n) is 4.77. The molecule has 0 saturated carbocycles. The van der Waals surface area contributed by atoms with Gasteiger partial charge in [-0.3, -0.25) is 10.1 Å². The van der Waals surface area contributed by atoms with Gasteiger partial charge < -0.3 is 0 Å². The minimum atomic E-state index is -0.623. The van der Waals surface area contributed by atoms with Gasteiger partial charge in [-0.25, -0.2) is 9.97 Å². The molecule has 0 N–H and O–H groups in total. The van der Waals surface area contributed by atoms with Crippen molar-refractivity contribution in [2.24, 2.45) is 0 Å². The minimum absolute atomic E-state index is 0.142. The molecule has 0 radical (unpaired) electrons. The van der Waals surface area contributed by atoms with Crippen LogP contribution in [-0.4, -0.2) is 14.9 Å². The molecule has 0 atom stereocenters. The molecule has 0 aliphatic heterocycles. The third-order valence-electron chi connectivity index (χ3n) is 2.03. The number of nitrogens with zero attached hydrogens (tertiary/aromatic N) is 3. The summed E-state index contributed by atoms with van der Waals surface area (Å²) in [4.78, 5) is 18.4. The van der Waals surface area contributed by atoms with E-state index in [1.54, 1.807) is 18.2 Å². The SMILES string of the molecule is O=[N+]([O-])c1c(Cl)ncnc1Sc1ccc(Cl)c(Cl)c1. The van der Waals surface area contributed by atoms with Crippen LogP contribution in [0.5, 0.6) is 0 Å². The predicted molar refractivity (Wildman–Crippen MR) is 74.3 cm³/mol. The van der Waals surface area contributed by atoms with Crippen LogP contribution in [0.1, 0.15) is 0 Å². The second-order valence-electron chi connectivity index (χ2n) is 3.25. The molecule has 5 nitrogen and oxygen atoms in total. The summed E-state index contributed by atoms with van der Waals surface area (Å²) >= 11 is 18.4. The lowest BCUT2D eigenvalue weighted by molar-refractivity contribution is -0.388. The van der Waals surface area contributed by atoms with Crippen molar-refractivity contribution in [3.05, 3.63) is 49.8 Å². The van der Waals surface area contributed by atoms with Gasteiger partial charge in [-0.15, -0.1) is 0 Å². The van der Waals surface area contributed by atoms with Crippen molar-refractivity contribution in [3.8, 4) is 0 Å². The second-order valence-corrected chi connectivity index (χ2v) is 5.49. The van der Waals surface area contributed by atoms with Crippen molar-refractivity contribution in [3.63, 3.8) is 0 Å². The molecule has 0 amide bonds. The molecule has 0 bridgehead atoms. The molecule has 98 valence electrons. The van der Waals surface area contributed by atoms with Gasteiger partial charge in [0.15, 0.2) is 5.03 Å². The highest BCUT2D eigenvalue weighted by molar-refractivity contribution is 7.99. The number of aromatic nitrogens is 2. The lowest BCUT2D eigenvalue weighted by Crippen LogP contribution is -1.96. The van der Waals surface area contributed by atoms with Gasteiger partial charge >= 0.3 is 5.69 Å². The van der Waals surface area contributed by atoms with Gasteiger partial charge in [0.25, 0.3) is 0 Å². The summed E-state index contributed by atoms with van der Waals surface area (Å²) in [6.07, 6.45) is 1.16. The quantitative estimate of drug-likeness (QED) is 0.469. The van der Waals surface area contributed by atoms with Crippen molar-refractivity contribution in [1.29, 1.82) is 0 Å². The summed E-state index contributed by atoms with van der Waals surface area (Å²) in [5.41, 5.74) is -0.333. The molecule has 0 saturated heterocycles. The summed E-state index contributed by atoms with van der Waals surface area (Å²) < 4.78 is 0. The summed E-state index contributed by atoms with van der Waals surface area (Å²) in [6, 6.07) is 4.87. The smallest absolute Gasteiger partial charge is 0.258 e. The van der Waals surface area contributed by atoms with Gasteiger partial charge in [0.1, 0.15) is 6.33 Å². The molecule has 1 heterocycles. The van der Waals surface area contributed by atoms with Crippen molar-refractivity contribution in [2.45, 2.75) is 9.92 Å². The molecule has 1 aromatic carbocycles. The van der Waals surface area contributed by atoms with Gasteiger partial charge in [-0.1, -0.05) is 46.6 Å². The average molecular weight is 337 g/mol. The van der Waals surface area contributed by atoms with Crippen LogP contribution >= 0.6 is 46.6 Å². The Labute approximate surface area is 127 Å². The fourth-order valence-electron chi connectivity index (χ4n) is 1.22. The largest absolute Gasteiger partial charge is 0.338 e. The van der Waals surface area contributed by atoms with E-state index in [0.717, 1.165) is 18.1 Å². The molecule has 19 heavy (non-hydrogen) atoms. The van der Waals surface area contributed by atoms with Crippen molar-refractivity contribution in [1.82, 2.24) is 9.97 Å². The minimum Gasteiger partial charge on any atom is -0.258 e. The Bertz CT molecular complexity index is 654. The fourth-order valence-corrected chi connectivity index (χ4v) is 2.75. The molecule has 9 heteroatoms. The Morgan fingerprint density at radius 2 is 1.89 bits per heavy atom. The van der Waals surface area contributed by atoms with Crippen LogP contribution in [0.15, 0.2) is 34.4 Å². The van der Waals surface area contributed by atoms with E-state index >= 15 is 0 Å². The lowest BCUT2D eigenvalue weighted by atomic mass is 10.4. The number of rotatable bonds is 3. The summed E-state index contributed by atoms with van der Waals surface area (Å²) in [5, 5.41) is 11.6.